The van der Waals surface area contributed by atoms with Crippen LogP contribution in [0.3, 0.4) is 0 Å². The molecule has 1 N–H and O–H groups in total. The predicted octanol–water partition coefficient (Wildman–Crippen LogP) is 0.759. The van der Waals surface area contributed by atoms with Crippen LogP contribution in [0.15, 0.2) is 0 Å². The average Bonchev–Trinajstić information content (AvgIpc) is 2.32. The topological polar surface area (TPSA) is 44.2 Å². The summed E-state index contributed by atoms with van der Waals surface area (Å²) in [5.74, 6) is 0.535. The van der Waals surface area contributed by atoms with Crippen molar-refractivity contribution in [3.8, 4) is 0 Å². The van der Waals surface area contributed by atoms with Crippen molar-refractivity contribution in [2.24, 2.45) is 0 Å². The van der Waals surface area contributed by atoms with Crippen LogP contribution in [0.1, 0.15) is 12.8 Å². The van der Waals surface area contributed by atoms with E-state index in [0.717, 1.165) is 19.6 Å². The van der Waals surface area contributed by atoms with Gasteiger partial charge < -0.3 is 4.90 Å². The molecule has 1 aliphatic heterocycles. The summed E-state index contributed by atoms with van der Waals surface area (Å²) in [6, 6.07) is 0. The molecule has 11 heavy (non-hydrogen) atoms. The van der Waals surface area contributed by atoms with E-state index in [1.54, 1.807) is 0 Å². The molecule has 66 valence electrons. The molecule has 1 unspecified atom stereocenters. The van der Waals surface area contributed by atoms with Crippen molar-refractivity contribution in [1.29, 1.82) is 4.78 Å². The standard InChI is InChI=1S/C7H16N2OS/c1-11(8,10)7-6-9-4-2-3-5-9/h8H,2-7H2,1H3. The number of likely N-dealkylation sites (tertiary alicyclic amines) is 1. The fraction of sp³-hybridized carbons (Fsp3) is 1.00. The van der Waals surface area contributed by atoms with Crippen LogP contribution in [0.5, 0.6) is 0 Å². The normalized spacial score (nSPS) is 25.2. The molecule has 0 radical (unpaired) electrons. The third-order valence-corrected chi connectivity index (χ3v) is 2.96. The maximum Gasteiger partial charge on any atom is 0.0440 e. The Balaban J connectivity index is 2.22. The van der Waals surface area contributed by atoms with Gasteiger partial charge in [0.25, 0.3) is 0 Å². The van der Waals surface area contributed by atoms with Crippen molar-refractivity contribution in [3.63, 3.8) is 0 Å². The number of nitrogens with zero attached hydrogens (tertiary/aromatic N) is 1. The maximum atomic E-state index is 11.0. The number of hydrogen-bond acceptors (Lipinski definition) is 3. The van der Waals surface area contributed by atoms with Gasteiger partial charge in [0, 0.05) is 28.3 Å². The second-order valence-corrected chi connectivity index (χ2v) is 5.68. The molecule has 0 aromatic rings. The van der Waals surface area contributed by atoms with Gasteiger partial charge in [0.1, 0.15) is 0 Å². The first-order valence-electron chi connectivity index (χ1n) is 4.02. The highest BCUT2D eigenvalue weighted by atomic mass is 32.2. The van der Waals surface area contributed by atoms with Crippen molar-refractivity contribution in [1.82, 2.24) is 4.90 Å². The molecule has 1 rings (SSSR count). The quantitative estimate of drug-likeness (QED) is 0.690. The van der Waals surface area contributed by atoms with E-state index in [2.05, 4.69) is 4.90 Å². The molecule has 4 heteroatoms. The minimum Gasteiger partial charge on any atom is -0.302 e. The van der Waals surface area contributed by atoms with Crippen molar-refractivity contribution < 1.29 is 4.21 Å². The van der Waals surface area contributed by atoms with Gasteiger partial charge >= 0.3 is 0 Å². The van der Waals surface area contributed by atoms with Crippen molar-refractivity contribution in [2.45, 2.75) is 12.8 Å². The van der Waals surface area contributed by atoms with Crippen LogP contribution in [0.4, 0.5) is 0 Å². The Morgan fingerprint density at radius 3 is 2.45 bits per heavy atom. The van der Waals surface area contributed by atoms with E-state index >= 15 is 0 Å². The van der Waals surface area contributed by atoms with Gasteiger partial charge in [-0.3, -0.25) is 8.99 Å². The third-order valence-electron chi connectivity index (χ3n) is 2.00. The second kappa shape index (κ2) is 3.54. The first-order chi connectivity index (χ1) is 5.08. The van der Waals surface area contributed by atoms with Gasteiger partial charge in [0.2, 0.25) is 0 Å². The highest BCUT2D eigenvalue weighted by Crippen LogP contribution is 2.06. The number of nitrogens with one attached hydrogen (secondary N) is 1. The fourth-order valence-corrected chi connectivity index (χ4v) is 1.92. The fourth-order valence-electron chi connectivity index (χ4n) is 1.31. The summed E-state index contributed by atoms with van der Waals surface area (Å²) in [7, 11) is -2.25. The Kier molecular flexibility index (Phi) is 2.90. The van der Waals surface area contributed by atoms with Crippen molar-refractivity contribution in [3.05, 3.63) is 0 Å². The lowest BCUT2D eigenvalue weighted by atomic mass is 10.4. The molecule has 1 atom stereocenters. The summed E-state index contributed by atoms with van der Waals surface area (Å²) >= 11 is 0. The summed E-state index contributed by atoms with van der Waals surface area (Å²) in [5.41, 5.74) is 0. The van der Waals surface area contributed by atoms with E-state index < -0.39 is 9.73 Å². The van der Waals surface area contributed by atoms with Crippen LogP contribution in [0, 0.1) is 4.78 Å². The van der Waals surface area contributed by atoms with Crippen LogP contribution < -0.4 is 0 Å². The van der Waals surface area contributed by atoms with Gasteiger partial charge in [-0.2, -0.15) is 0 Å². The molecule has 0 amide bonds. The zero-order valence-corrected chi connectivity index (χ0v) is 7.82. The maximum absolute atomic E-state index is 11.0. The van der Waals surface area contributed by atoms with Crippen LogP contribution in [0.2, 0.25) is 0 Å². The zero-order chi connectivity index (χ0) is 8.32. The van der Waals surface area contributed by atoms with E-state index in [4.69, 9.17) is 4.78 Å². The smallest absolute Gasteiger partial charge is 0.0440 e. The predicted molar refractivity (Wildman–Crippen MR) is 47.3 cm³/mol. The SMILES string of the molecule is CS(=N)(=O)CCN1CCCC1. The molecular formula is C7H16N2OS. The summed E-state index contributed by atoms with van der Waals surface area (Å²) in [6.07, 6.45) is 4.05. The Labute approximate surface area is 68.8 Å². The molecule has 1 saturated heterocycles. The lowest BCUT2D eigenvalue weighted by Gasteiger charge is -2.13. The molecule has 0 bridgehead atoms. The zero-order valence-electron chi connectivity index (χ0n) is 7.01. The molecule has 1 heterocycles. The van der Waals surface area contributed by atoms with E-state index in [9.17, 15) is 4.21 Å². The first kappa shape index (κ1) is 9.00. The molecular weight excluding hydrogens is 160 g/mol. The van der Waals surface area contributed by atoms with Crippen LogP contribution >= 0.6 is 0 Å². The average molecular weight is 176 g/mol. The molecule has 1 fully saturated rings. The van der Waals surface area contributed by atoms with Crippen molar-refractivity contribution in [2.75, 3.05) is 31.6 Å². The molecule has 0 aromatic carbocycles. The Morgan fingerprint density at radius 2 is 2.00 bits per heavy atom. The van der Waals surface area contributed by atoms with Crippen LogP contribution in [-0.2, 0) is 9.73 Å². The Hall–Kier alpha value is -0.0900. The van der Waals surface area contributed by atoms with Gasteiger partial charge in [-0.25, -0.2) is 0 Å². The lowest BCUT2D eigenvalue weighted by molar-refractivity contribution is 0.360. The molecule has 1 aliphatic rings. The third kappa shape index (κ3) is 3.72. The van der Waals surface area contributed by atoms with E-state index in [0.29, 0.717) is 5.75 Å². The minimum absolute atomic E-state index is 0.535. The number of hydrogen-bond donors (Lipinski definition) is 1. The van der Waals surface area contributed by atoms with Gasteiger partial charge in [-0.15, -0.1) is 0 Å². The van der Waals surface area contributed by atoms with E-state index in [1.165, 1.54) is 19.1 Å². The molecule has 0 spiro atoms. The Morgan fingerprint density at radius 1 is 1.45 bits per heavy atom. The van der Waals surface area contributed by atoms with Crippen LogP contribution in [-0.4, -0.2) is 40.8 Å². The summed E-state index contributed by atoms with van der Waals surface area (Å²) in [5, 5.41) is 0. The van der Waals surface area contributed by atoms with Gasteiger partial charge in [-0.1, -0.05) is 0 Å². The highest BCUT2D eigenvalue weighted by Gasteiger charge is 2.11. The van der Waals surface area contributed by atoms with E-state index in [1.807, 2.05) is 0 Å². The molecule has 3 nitrogen and oxygen atoms in total. The lowest BCUT2D eigenvalue weighted by Crippen LogP contribution is -2.25. The summed E-state index contributed by atoms with van der Waals surface area (Å²) in [4.78, 5) is 2.29. The summed E-state index contributed by atoms with van der Waals surface area (Å²) in [6.45, 7) is 3.11. The van der Waals surface area contributed by atoms with Gasteiger partial charge in [0.15, 0.2) is 0 Å². The molecule has 0 aromatic heterocycles. The van der Waals surface area contributed by atoms with Crippen LogP contribution in [0.25, 0.3) is 0 Å². The first-order valence-corrected chi connectivity index (χ1v) is 6.15. The largest absolute Gasteiger partial charge is 0.302 e. The van der Waals surface area contributed by atoms with Gasteiger partial charge in [-0.05, 0) is 25.9 Å². The molecule has 0 saturated carbocycles. The van der Waals surface area contributed by atoms with E-state index in [-0.39, 0.29) is 0 Å². The number of rotatable bonds is 3. The monoisotopic (exact) mass is 176 g/mol. The minimum atomic E-state index is -2.25. The van der Waals surface area contributed by atoms with Crippen molar-refractivity contribution >= 4 is 9.73 Å². The summed E-state index contributed by atoms with van der Waals surface area (Å²) < 4.78 is 18.2. The van der Waals surface area contributed by atoms with Gasteiger partial charge in [0.05, 0.1) is 0 Å². The second-order valence-electron chi connectivity index (χ2n) is 3.26. The molecule has 0 aliphatic carbocycles. The highest BCUT2D eigenvalue weighted by molar-refractivity contribution is 7.91. The Bertz CT molecular complexity index is 204.